The third kappa shape index (κ3) is 7.67. The minimum absolute atomic E-state index is 0.143. The van der Waals surface area contributed by atoms with Gasteiger partial charge in [0.1, 0.15) is 13.2 Å². The number of piperazine rings is 1. The van der Waals surface area contributed by atoms with Crippen molar-refractivity contribution in [2.45, 2.75) is 38.5 Å². The Morgan fingerprint density at radius 1 is 0.676 bits per heavy atom. The molecule has 0 spiro atoms. The molecule has 6 nitrogen and oxygen atoms in total. The number of hydrogen-bond acceptors (Lipinski definition) is 6. The average molecular weight is 467 g/mol. The molecule has 6 heteroatoms. The Kier molecular flexibility index (Phi) is 10.6. The summed E-state index contributed by atoms with van der Waals surface area (Å²) in [5.41, 5.74) is 2.02. The monoisotopic (exact) mass is 466 g/mol. The predicted molar refractivity (Wildman–Crippen MR) is 134 cm³/mol. The first-order valence-corrected chi connectivity index (χ1v) is 12.5. The summed E-state index contributed by atoms with van der Waals surface area (Å²) in [6.45, 7) is 10.0. The van der Waals surface area contributed by atoms with Crippen molar-refractivity contribution in [2.24, 2.45) is 0 Å². The number of hydrogen-bond donors (Lipinski definition) is 0. The lowest BCUT2D eigenvalue weighted by molar-refractivity contribution is -0.147. The van der Waals surface area contributed by atoms with E-state index in [4.69, 9.17) is 9.47 Å². The van der Waals surface area contributed by atoms with Crippen molar-refractivity contribution in [3.05, 3.63) is 71.8 Å². The first kappa shape index (κ1) is 25.9. The van der Waals surface area contributed by atoms with Crippen molar-refractivity contribution >= 4 is 11.9 Å². The molecule has 1 saturated heterocycles. The molecule has 0 aromatic heterocycles. The highest BCUT2D eigenvalue weighted by molar-refractivity contribution is 5.78. The van der Waals surface area contributed by atoms with Gasteiger partial charge in [-0.1, -0.05) is 74.5 Å². The zero-order valence-corrected chi connectivity index (χ0v) is 20.5. The van der Waals surface area contributed by atoms with Gasteiger partial charge in [0.05, 0.1) is 11.8 Å². The van der Waals surface area contributed by atoms with Crippen LogP contribution in [0.15, 0.2) is 60.7 Å². The highest BCUT2D eigenvalue weighted by Gasteiger charge is 2.23. The van der Waals surface area contributed by atoms with E-state index in [2.05, 4.69) is 9.80 Å². The lowest BCUT2D eigenvalue weighted by Crippen LogP contribution is -2.48. The van der Waals surface area contributed by atoms with Crippen molar-refractivity contribution < 1.29 is 19.1 Å². The molecule has 2 atom stereocenters. The van der Waals surface area contributed by atoms with E-state index >= 15 is 0 Å². The van der Waals surface area contributed by atoms with E-state index in [1.54, 1.807) is 0 Å². The number of esters is 2. The van der Waals surface area contributed by atoms with Gasteiger partial charge in [-0.25, -0.2) is 0 Å². The standard InChI is InChI=1S/C28H38N2O4/c1-3-25(23-11-7-5-8-12-23)27(31)33-21-19-29-15-17-30(18-16-29)20-22-34-28(32)26(4-2)24-13-9-6-10-14-24/h5-14,25-26H,3-4,15-22H2,1-2H3. The number of ether oxygens (including phenoxy) is 2. The van der Waals surface area contributed by atoms with Gasteiger partial charge in [-0.3, -0.25) is 19.4 Å². The van der Waals surface area contributed by atoms with Crippen LogP contribution in [0.2, 0.25) is 0 Å². The van der Waals surface area contributed by atoms with Gasteiger partial charge in [-0.05, 0) is 24.0 Å². The van der Waals surface area contributed by atoms with E-state index < -0.39 is 0 Å². The molecule has 0 amide bonds. The summed E-state index contributed by atoms with van der Waals surface area (Å²) < 4.78 is 11.2. The second kappa shape index (κ2) is 13.9. The number of carbonyl (C=O) groups excluding carboxylic acids is 2. The summed E-state index contributed by atoms with van der Waals surface area (Å²) in [5.74, 6) is -0.685. The van der Waals surface area contributed by atoms with Gasteiger partial charge in [0.2, 0.25) is 0 Å². The van der Waals surface area contributed by atoms with Crippen LogP contribution in [0.5, 0.6) is 0 Å². The first-order chi connectivity index (χ1) is 16.6. The van der Waals surface area contributed by atoms with Crippen molar-refractivity contribution in [3.63, 3.8) is 0 Å². The van der Waals surface area contributed by atoms with Crippen molar-refractivity contribution in [3.8, 4) is 0 Å². The summed E-state index contributed by atoms with van der Waals surface area (Å²) in [6.07, 6.45) is 1.47. The molecular weight excluding hydrogens is 428 g/mol. The Labute approximate surface area is 203 Å². The Bertz CT molecular complexity index is 793. The molecule has 0 radical (unpaired) electrons. The third-order valence-corrected chi connectivity index (χ3v) is 6.56. The van der Waals surface area contributed by atoms with Gasteiger partial charge in [0.25, 0.3) is 0 Å². The van der Waals surface area contributed by atoms with Gasteiger partial charge >= 0.3 is 11.9 Å². The fourth-order valence-corrected chi connectivity index (χ4v) is 4.44. The van der Waals surface area contributed by atoms with Crippen LogP contribution in [0, 0.1) is 0 Å². The summed E-state index contributed by atoms with van der Waals surface area (Å²) >= 11 is 0. The topological polar surface area (TPSA) is 59.1 Å². The summed E-state index contributed by atoms with van der Waals surface area (Å²) in [7, 11) is 0. The van der Waals surface area contributed by atoms with Crippen molar-refractivity contribution in [1.29, 1.82) is 0 Å². The van der Waals surface area contributed by atoms with Crippen LogP contribution in [0.1, 0.15) is 49.7 Å². The van der Waals surface area contributed by atoms with Crippen LogP contribution in [0.4, 0.5) is 0 Å². The van der Waals surface area contributed by atoms with Crippen LogP contribution in [-0.2, 0) is 19.1 Å². The Morgan fingerprint density at radius 3 is 1.35 bits per heavy atom. The third-order valence-electron chi connectivity index (χ3n) is 6.56. The van der Waals surface area contributed by atoms with Gasteiger partial charge in [-0.2, -0.15) is 0 Å². The second-order valence-corrected chi connectivity index (χ2v) is 8.76. The van der Waals surface area contributed by atoms with E-state index in [0.717, 1.165) is 63.2 Å². The van der Waals surface area contributed by atoms with Crippen LogP contribution in [-0.4, -0.2) is 74.2 Å². The van der Waals surface area contributed by atoms with E-state index in [1.165, 1.54) is 0 Å². The summed E-state index contributed by atoms with van der Waals surface area (Å²) in [4.78, 5) is 29.7. The summed E-state index contributed by atoms with van der Waals surface area (Å²) in [6, 6.07) is 19.7. The van der Waals surface area contributed by atoms with E-state index in [1.807, 2.05) is 74.5 Å². The van der Waals surface area contributed by atoms with Gasteiger partial charge in [0, 0.05) is 39.3 Å². The smallest absolute Gasteiger partial charge is 0.313 e. The van der Waals surface area contributed by atoms with Gasteiger partial charge in [-0.15, -0.1) is 0 Å². The fourth-order valence-electron chi connectivity index (χ4n) is 4.44. The molecule has 0 bridgehead atoms. The molecule has 3 rings (SSSR count). The zero-order chi connectivity index (χ0) is 24.2. The minimum atomic E-state index is -0.199. The fraction of sp³-hybridized carbons (Fsp3) is 0.500. The number of nitrogens with zero attached hydrogens (tertiary/aromatic N) is 2. The lowest BCUT2D eigenvalue weighted by Gasteiger charge is -2.34. The van der Waals surface area contributed by atoms with Crippen LogP contribution >= 0.6 is 0 Å². The second-order valence-electron chi connectivity index (χ2n) is 8.76. The molecule has 1 fully saturated rings. The largest absolute Gasteiger partial charge is 0.464 e. The molecule has 0 N–H and O–H groups in total. The van der Waals surface area contributed by atoms with E-state index in [9.17, 15) is 9.59 Å². The highest BCUT2D eigenvalue weighted by Crippen LogP contribution is 2.21. The minimum Gasteiger partial charge on any atom is -0.464 e. The Hall–Kier alpha value is -2.70. The molecular formula is C28H38N2O4. The number of rotatable bonds is 12. The normalized spacial score (nSPS) is 16.5. The van der Waals surface area contributed by atoms with Crippen LogP contribution < -0.4 is 0 Å². The first-order valence-electron chi connectivity index (χ1n) is 12.5. The van der Waals surface area contributed by atoms with Crippen molar-refractivity contribution in [1.82, 2.24) is 9.80 Å². The van der Waals surface area contributed by atoms with Gasteiger partial charge in [0.15, 0.2) is 0 Å². The molecule has 0 saturated carbocycles. The maximum absolute atomic E-state index is 12.5. The SMILES string of the molecule is CCC(C(=O)OCCN1CCN(CCOC(=O)C(CC)c2ccccc2)CC1)c1ccccc1. The lowest BCUT2D eigenvalue weighted by atomic mass is 9.97. The molecule has 34 heavy (non-hydrogen) atoms. The zero-order valence-electron chi connectivity index (χ0n) is 20.5. The molecule has 2 unspecified atom stereocenters. The van der Waals surface area contributed by atoms with Crippen LogP contribution in [0.3, 0.4) is 0 Å². The highest BCUT2D eigenvalue weighted by atomic mass is 16.5. The maximum Gasteiger partial charge on any atom is 0.313 e. The average Bonchev–Trinajstić information content (AvgIpc) is 2.87. The van der Waals surface area contributed by atoms with Crippen LogP contribution in [0.25, 0.3) is 0 Å². The van der Waals surface area contributed by atoms with E-state index in [-0.39, 0.29) is 23.8 Å². The number of benzene rings is 2. The molecule has 0 aliphatic carbocycles. The molecule has 184 valence electrons. The molecule has 2 aromatic rings. The Balaban J connectivity index is 1.31. The molecule has 1 aliphatic rings. The molecule has 1 aliphatic heterocycles. The quantitative estimate of drug-likeness (QED) is 0.440. The van der Waals surface area contributed by atoms with E-state index in [0.29, 0.717) is 13.2 Å². The van der Waals surface area contributed by atoms with Gasteiger partial charge < -0.3 is 9.47 Å². The summed E-state index contributed by atoms with van der Waals surface area (Å²) in [5, 5.41) is 0. The molecule has 1 heterocycles. The Morgan fingerprint density at radius 2 is 1.03 bits per heavy atom. The molecule has 2 aromatic carbocycles. The maximum atomic E-state index is 12.5. The number of carbonyl (C=O) groups is 2. The van der Waals surface area contributed by atoms with Crippen molar-refractivity contribution in [2.75, 3.05) is 52.5 Å². The predicted octanol–water partition coefficient (Wildman–Crippen LogP) is 4.08.